The maximum atomic E-state index is 14.1. The maximum Gasteiger partial charge on any atom is 0.171 e. The Morgan fingerprint density at radius 3 is 2.67 bits per heavy atom. The highest BCUT2D eigenvalue weighted by atomic mass is 19.1. The van der Waals surface area contributed by atoms with Crippen LogP contribution < -0.4 is 10.5 Å². The van der Waals surface area contributed by atoms with Crippen molar-refractivity contribution in [1.82, 2.24) is 0 Å². The van der Waals surface area contributed by atoms with Gasteiger partial charge in [0, 0.05) is 24.4 Å². The summed E-state index contributed by atoms with van der Waals surface area (Å²) in [5.74, 6) is -0.542. The van der Waals surface area contributed by atoms with E-state index < -0.39 is 11.5 Å². The molecular formula is C11H13F2NO. The normalized spacial score (nSPS) is 29.7. The number of alkyl halides is 1. The van der Waals surface area contributed by atoms with Gasteiger partial charge in [-0.25, -0.2) is 8.78 Å². The van der Waals surface area contributed by atoms with Gasteiger partial charge in [0.05, 0.1) is 7.11 Å². The molecule has 2 N–H and O–H groups in total. The minimum atomic E-state index is -1.61. The first-order chi connectivity index (χ1) is 7.07. The lowest BCUT2D eigenvalue weighted by Gasteiger charge is -2.39. The third-order valence-electron chi connectivity index (χ3n) is 2.84. The number of halogens is 2. The molecule has 0 spiro atoms. The van der Waals surface area contributed by atoms with Crippen LogP contribution in [0.25, 0.3) is 0 Å². The molecule has 4 heteroatoms. The SMILES string of the molecule is COc1cccc(C2(F)CC(N)C2)c1F. The Kier molecular flexibility index (Phi) is 2.38. The monoisotopic (exact) mass is 213 g/mol. The topological polar surface area (TPSA) is 35.2 Å². The predicted molar refractivity (Wildman–Crippen MR) is 52.9 cm³/mol. The van der Waals surface area contributed by atoms with Crippen LogP contribution in [0.5, 0.6) is 5.75 Å². The van der Waals surface area contributed by atoms with Crippen molar-refractivity contribution >= 4 is 0 Å². The number of ether oxygens (including phenoxy) is 1. The van der Waals surface area contributed by atoms with E-state index in [0.717, 1.165) is 0 Å². The van der Waals surface area contributed by atoms with Crippen molar-refractivity contribution in [3.8, 4) is 5.75 Å². The number of hydrogen-bond donors (Lipinski definition) is 1. The van der Waals surface area contributed by atoms with Crippen LogP contribution in [0.4, 0.5) is 8.78 Å². The van der Waals surface area contributed by atoms with E-state index >= 15 is 0 Å². The van der Waals surface area contributed by atoms with E-state index in [9.17, 15) is 8.78 Å². The largest absolute Gasteiger partial charge is 0.494 e. The first kappa shape index (κ1) is 10.4. The predicted octanol–water partition coefficient (Wildman–Crippen LogP) is 2.12. The van der Waals surface area contributed by atoms with Gasteiger partial charge < -0.3 is 10.5 Å². The number of nitrogens with two attached hydrogens (primary N) is 1. The van der Waals surface area contributed by atoms with Crippen LogP contribution in [0, 0.1) is 5.82 Å². The molecule has 1 aliphatic carbocycles. The zero-order valence-electron chi connectivity index (χ0n) is 8.47. The second-order valence-electron chi connectivity index (χ2n) is 3.96. The highest BCUT2D eigenvalue weighted by Crippen LogP contribution is 2.46. The molecule has 0 amide bonds. The van der Waals surface area contributed by atoms with E-state index in [2.05, 4.69) is 0 Å². The molecule has 2 rings (SSSR count). The third-order valence-corrected chi connectivity index (χ3v) is 2.84. The van der Waals surface area contributed by atoms with Gasteiger partial charge in [0.15, 0.2) is 11.6 Å². The Balaban J connectivity index is 2.37. The zero-order chi connectivity index (χ0) is 11.1. The summed E-state index contributed by atoms with van der Waals surface area (Å²) in [4.78, 5) is 0. The molecule has 1 aromatic carbocycles. The fraction of sp³-hybridized carbons (Fsp3) is 0.455. The lowest BCUT2D eigenvalue weighted by atomic mass is 9.73. The zero-order valence-corrected chi connectivity index (χ0v) is 8.47. The number of benzene rings is 1. The molecule has 1 aliphatic rings. The maximum absolute atomic E-state index is 14.1. The highest BCUT2D eigenvalue weighted by Gasteiger charge is 2.46. The van der Waals surface area contributed by atoms with Crippen LogP contribution in [-0.2, 0) is 5.67 Å². The van der Waals surface area contributed by atoms with Crippen molar-refractivity contribution in [3.05, 3.63) is 29.6 Å². The summed E-state index contributed by atoms with van der Waals surface area (Å²) in [7, 11) is 1.36. The van der Waals surface area contributed by atoms with Gasteiger partial charge in [0.1, 0.15) is 5.67 Å². The average Bonchev–Trinajstić information content (AvgIpc) is 2.16. The standard InChI is InChI=1S/C11H13F2NO/c1-15-9-4-2-3-8(10(9)12)11(13)5-7(14)6-11/h2-4,7H,5-6,14H2,1H3. The number of hydrogen-bond acceptors (Lipinski definition) is 2. The van der Waals surface area contributed by atoms with Crippen molar-refractivity contribution in [2.24, 2.45) is 5.73 Å². The summed E-state index contributed by atoms with van der Waals surface area (Å²) in [6.45, 7) is 0. The quantitative estimate of drug-likeness (QED) is 0.816. The van der Waals surface area contributed by atoms with Gasteiger partial charge in [-0.05, 0) is 6.07 Å². The summed E-state index contributed by atoms with van der Waals surface area (Å²) < 4.78 is 32.6. The molecule has 1 saturated carbocycles. The van der Waals surface area contributed by atoms with E-state index in [4.69, 9.17) is 10.5 Å². The van der Waals surface area contributed by atoms with E-state index in [1.165, 1.54) is 19.2 Å². The molecule has 0 bridgehead atoms. The summed E-state index contributed by atoms with van der Waals surface area (Å²) in [5.41, 5.74) is 3.96. The van der Waals surface area contributed by atoms with Gasteiger partial charge in [-0.3, -0.25) is 0 Å². The Labute approximate surface area is 87.0 Å². The van der Waals surface area contributed by atoms with E-state index in [1.54, 1.807) is 6.07 Å². The fourth-order valence-corrected chi connectivity index (χ4v) is 2.01. The average molecular weight is 213 g/mol. The first-order valence-corrected chi connectivity index (χ1v) is 4.84. The van der Waals surface area contributed by atoms with Crippen LogP contribution in [0.2, 0.25) is 0 Å². The third kappa shape index (κ3) is 1.59. The number of methoxy groups -OCH3 is 1. The summed E-state index contributed by atoms with van der Waals surface area (Å²) in [5, 5.41) is 0. The van der Waals surface area contributed by atoms with Crippen molar-refractivity contribution in [3.63, 3.8) is 0 Å². The second-order valence-corrected chi connectivity index (χ2v) is 3.96. The summed E-state index contributed by atoms with van der Waals surface area (Å²) >= 11 is 0. The molecule has 1 aromatic rings. The van der Waals surface area contributed by atoms with E-state index in [1.807, 2.05) is 0 Å². The van der Waals surface area contributed by atoms with E-state index in [-0.39, 0.29) is 30.2 Å². The van der Waals surface area contributed by atoms with Crippen LogP contribution in [0.15, 0.2) is 18.2 Å². The van der Waals surface area contributed by atoms with Crippen molar-refractivity contribution in [1.29, 1.82) is 0 Å². The molecule has 0 aliphatic heterocycles. The van der Waals surface area contributed by atoms with Crippen LogP contribution in [-0.4, -0.2) is 13.2 Å². The molecule has 0 saturated heterocycles. The smallest absolute Gasteiger partial charge is 0.171 e. The second kappa shape index (κ2) is 3.45. The van der Waals surface area contributed by atoms with Gasteiger partial charge in [0.25, 0.3) is 0 Å². The molecule has 82 valence electrons. The Morgan fingerprint density at radius 1 is 1.47 bits per heavy atom. The summed E-state index contributed by atoms with van der Waals surface area (Å²) in [6, 6.07) is 4.34. The van der Waals surface area contributed by atoms with Crippen molar-refractivity contribution in [2.45, 2.75) is 24.6 Å². The van der Waals surface area contributed by atoms with Crippen LogP contribution >= 0.6 is 0 Å². The van der Waals surface area contributed by atoms with Crippen LogP contribution in [0.1, 0.15) is 18.4 Å². The highest BCUT2D eigenvalue weighted by molar-refractivity contribution is 5.36. The van der Waals surface area contributed by atoms with Crippen molar-refractivity contribution in [2.75, 3.05) is 7.11 Å². The molecule has 15 heavy (non-hydrogen) atoms. The lowest BCUT2D eigenvalue weighted by Crippen LogP contribution is -2.46. The molecule has 2 nitrogen and oxygen atoms in total. The van der Waals surface area contributed by atoms with Crippen molar-refractivity contribution < 1.29 is 13.5 Å². The summed E-state index contributed by atoms with van der Waals surface area (Å²) in [6.07, 6.45) is 0.355. The molecule has 0 heterocycles. The first-order valence-electron chi connectivity index (χ1n) is 4.84. The van der Waals surface area contributed by atoms with Gasteiger partial charge in [-0.2, -0.15) is 0 Å². The fourth-order valence-electron chi connectivity index (χ4n) is 2.01. The Hall–Kier alpha value is -1.16. The van der Waals surface area contributed by atoms with Gasteiger partial charge in [-0.1, -0.05) is 12.1 Å². The lowest BCUT2D eigenvalue weighted by molar-refractivity contribution is 0.0364. The van der Waals surface area contributed by atoms with Gasteiger partial charge in [-0.15, -0.1) is 0 Å². The molecule has 1 fully saturated rings. The molecule has 0 aromatic heterocycles. The van der Waals surface area contributed by atoms with E-state index in [0.29, 0.717) is 0 Å². The van der Waals surface area contributed by atoms with Gasteiger partial charge in [0.2, 0.25) is 0 Å². The Bertz CT molecular complexity index is 375. The molecular weight excluding hydrogens is 200 g/mol. The van der Waals surface area contributed by atoms with Gasteiger partial charge >= 0.3 is 0 Å². The molecule has 0 unspecified atom stereocenters. The minimum absolute atomic E-state index is 0.0588. The molecule has 0 atom stereocenters. The number of rotatable bonds is 2. The molecule has 0 radical (unpaired) electrons. The van der Waals surface area contributed by atoms with Crippen LogP contribution in [0.3, 0.4) is 0 Å². The minimum Gasteiger partial charge on any atom is -0.494 e. The Morgan fingerprint density at radius 2 is 2.13 bits per heavy atom.